The highest BCUT2D eigenvalue weighted by Crippen LogP contribution is 2.25. The number of anilines is 3. The van der Waals surface area contributed by atoms with Crippen LogP contribution in [0.15, 0.2) is 18.2 Å². The van der Waals surface area contributed by atoms with Crippen molar-refractivity contribution in [2.24, 2.45) is 0 Å². The number of likely N-dealkylation sites (tertiary alicyclic amines) is 1. The van der Waals surface area contributed by atoms with Crippen LogP contribution in [0.25, 0.3) is 0 Å². The number of quaternary nitrogens is 1. The summed E-state index contributed by atoms with van der Waals surface area (Å²) in [6, 6.07) is 5.71. The van der Waals surface area contributed by atoms with Gasteiger partial charge in [-0.05, 0) is 37.5 Å². The lowest BCUT2D eigenvalue weighted by atomic mass is 10.1. The van der Waals surface area contributed by atoms with Crippen LogP contribution in [0.2, 0.25) is 0 Å². The van der Waals surface area contributed by atoms with Crippen LogP contribution < -0.4 is 16.4 Å². The third-order valence-electron chi connectivity index (χ3n) is 4.55. The van der Waals surface area contributed by atoms with Crippen LogP contribution in [0.5, 0.6) is 0 Å². The van der Waals surface area contributed by atoms with Gasteiger partial charge in [0.15, 0.2) is 0 Å². The fourth-order valence-corrected chi connectivity index (χ4v) is 3.20. The zero-order valence-corrected chi connectivity index (χ0v) is 12.9. The van der Waals surface area contributed by atoms with Gasteiger partial charge in [-0.15, -0.1) is 0 Å². The molecule has 20 heavy (non-hydrogen) atoms. The molecule has 0 amide bonds. The van der Waals surface area contributed by atoms with Crippen LogP contribution in [0.1, 0.15) is 25.7 Å². The third-order valence-corrected chi connectivity index (χ3v) is 4.55. The monoisotopic (exact) mass is 277 g/mol. The summed E-state index contributed by atoms with van der Waals surface area (Å²) in [5, 5.41) is 0. The third kappa shape index (κ3) is 3.79. The van der Waals surface area contributed by atoms with Crippen molar-refractivity contribution < 1.29 is 4.48 Å². The van der Waals surface area contributed by atoms with Crippen molar-refractivity contribution in [3.05, 3.63) is 18.2 Å². The largest absolute Gasteiger partial charge is 0.399 e. The summed E-state index contributed by atoms with van der Waals surface area (Å²) >= 11 is 0. The molecule has 4 N–H and O–H groups in total. The lowest BCUT2D eigenvalue weighted by molar-refractivity contribution is -0.914. The van der Waals surface area contributed by atoms with Gasteiger partial charge in [0.1, 0.15) is 0 Å². The van der Waals surface area contributed by atoms with E-state index in [-0.39, 0.29) is 0 Å². The van der Waals surface area contributed by atoms with Gasteiger partial charge in [-0.2, -0.15) is 0 Å². The van der Waals surface area contributed by atoms with Crippen LogP contribution in [0, 0.1) is 0 Å². The molecule has 0 unspecified atom stereocenters. The van der Waals surface area contributed by atoms with Gasteiger partial charge in [0.25, 0.3) is 0 Å². The molecule has 0 aromatic heterocycles. The summed E-state index contributed by atoms with van der Waals surface area (Å²) in [4.78, 5) is 2.22. The molecule has 1 aliphatic rings. The molecule has 0 saturated carbocycles. The molecule has 0 bridgehead atoms. The number of nitrogens with zero attached hydrogens (tertiary/aromatic N) is 2. The van der Waals surface area contributed by atoms with E-state index in [9.17, 15) is 0 Å². The summed E-state index contributed by atoms with van der Waals surface area (Å²) in [5.74, 6) is 0. The highest BCUT2D eigenvalue weighted by atomic mass is 15.3. The maximum Gasteiger partial charge on any atom is 0.0801 e. The number of hydrogen-bond donors (Lipinski definition) is 2. The van der Waals surface area contributed by atoms with Gasteiger partial charge >= 0.3 is 0 Å². The van der Waals surface area contributed by atoms with Crippen LogP contribution in [-0.2, 0) is 0 Å². The molecule has 1 aromatic carbocycles. The van der Waals surface area contributed by atoms with Gasteiger partial charge in [-0.1, -0.05) is 0 Å². The van der Waals surface area contributed by atoms with Crippen LogP contribution >= 0.6 is 0 Å². The fourth-order valence-electron chi connectivity index (χ4n) is 3.20. The predicted molar refractivity (Wildman–Crippen MR) is 87.8 cm³/mol. The normalized spacial score (nSPS) is 17.9. The van der Waals surface area contributed by atoms with Crippen molar-refractivity contribution >= 4 is 17.1 Å². The second-order valence-corrected chi connectivity index (χ2v) is 6.44. The maximum atomic E-state index is 6.03. The van der Waals surface area contributed by atoms with E-state index in [0.717, 1.165) is 23.6 Å². The van der Waals surface area contributed by atoms with Crippen LogP contribution in [-0.4, -0.2) is 44.8 Å². The van der Waals surface area contributed by atoms with Crippen LogP contribution in [0.4, 0.5) is 17.1 Å². The Morgan fingerprint density at radius 3 is 2.55 bits per heavy atom. The second kappa shape index (κ2) is 6.35. The molecule has 1 saturated heterocycles. The molecule has 1 aliphatic heterocycles. The van der Waals surface area contributed by atoms with E-state index in [1.165, 1.54) is 49.8 Å². The van der Waals surface area contributed by atoms with Gasteiger partial charge in [0.2, 0.25) is 0 Å². The van der Waals surface area contributed by atoms with Gasteiger partial charge in [0.05, 0.1) is 38.1 Å². The maximum absolute atomic E-state index is 6.03. The molecule has 1 fully saturated rings. The summed E-state index contributed by atoms with van der Waals surface area (Å²) < 4.78 is 1.24. The SMILES string of the molecule is CN(CCC[N+]1(C)CCCCC1)c1cc(N)ccc1N. The molecule has 0 atom stereocenters. The van der Waals surface area contributed by atoms with Gasteiger partial charge < -0.3 is 20.9 Å². The highest BCUT2D eigenvalue weighted by molar-refractivity contribution is 5.71. The van der Waals surface area contributed by atoms with Gasteiger partial charge in [0, 0.05) is 25.7 Å². The number of nitrogens with two attached hydrogens (primary N) is 2. The van der Waals surface area contributed by atoms with Crippen molar-refractivity contribution in [1.82, 2.24) is 0 Å². The summed E-state index contributed by atoms with van der Waals surface area (Å²) in [7, 11) is 4.50. The standard InChI is InChI=1S/C16H29N4/c1-19(16-13-14(17)7-8-15(16)18)9-6-12-20(2)10-4-3-5-11-20/h7-8,13H,3-6,9-12,17-18H2,1-2H3/q+1. The average Bonchev–Trinajstić information content (AvgIpc) is 2.42. The minimum Gasteiger partial charge on any atom is -0.399 e. The Morgan fingerprint density at radius 1 is 1.15 bits per heavy atom. The van der Waals surface area contributed by atoms with E-state index >= 15 is 0 Å². The topological polar surface area (TPSA) is 55.3 Å². The van der Waals surface area contributed by atoms with Gasteiger partial charge in [-0.3, -0.25) is 0 Å². The molecule has 1 heterocycles. The van der Waals surface area contributed by atoms with Crippen LogP contribution in [0.3, 0.4) is 0 Å². The Labute approximate surface area is 122 Å². The van der Waals surface area contributed by atoms with Crippen molar-refractivity contribution in [1.29, 1.82) is 0 Å². The smallest absolute Gasteiger partial charge is 0.0801 e. The predicted octanol–water partition coefficient (Wildman–Crippen LogP) is 2.31. The summed E-state index contributed by atoms with van der Waals surface area (Å²) in [6.45, 7) is 4.96. The number of hydrogen-bond acceptors (Lipinski definition) is 3. The molecular formula is C16H29N4+. The first kappa shape index (κ1) is 15.0. The number of benzene rings is 1. The molecule has 0 aliphatic carbocycles. The molecule has 0 spiro atoms. The van der Waals surface area contributed by atoms with Gasteiger partial charge in [-0.25, -0.2) is 0 Å². The quantitative estimate of drug-likeness (QED) is 0.641. The van der Waals surface area contributed by atoms with Crippen molar-refractivity contribution in [3.8, 4) is 0 Å². The van der Waals surface area contributed by atoms with E-state index < -0.39 is 0 Å². The average molecular weight is 277 g/mol. The Kier molecular flexibility index (Phi) is 4.76. The van der Waals surface area contributed by atoms with Crippen molar-refractivity contribution in [2.45, 2.75) is 25.7 Å². The number of nitrogen functional groups attached to an aromatic ring is 2. The Morgan fingerprint density at radius 2 is 1.85 bits per heavy atom. The minimum absolute atomic E-state index is 0.774. The minimum atomic E-state index is 0.774. The van der Waals surface area contributed by atoms with E-state index in [1.807, 2.05) is 18.2 Å². The first-order valence-corrected chi connectivity index (χ1v) is 7.70. The first-order chi connectivity index (χ1) is 9.50. The van der Waals surface area contributed by atoms with Crippen molar-refractivity contribution in [2.75, 3.05) is 56.6 Å². The molecule has 112 valence electrons. The van der Waals surface area contributed by atoms with E-state index in [1.54, 1.807) is 0 Å². The first-order valence-electron chi connectivity index (χ1n) is 7.70. The second-order valence-electron chi connectivity index (χ2n) is 6.44. The number of rotatable bonds is 5. The van der Waals surface area contributed by atoms with E-state index in [4.69, 9.17) is 11.5 Å². The molecule has 4 nitrogen and oxygen atoms in total. The summed E-state index contributed by atoms with van der Waals surface area (Å²) in [6.07, 6.45) is 5.37. The summed E-state index contributed by atoms with van der Waals surface area (Å²) in [5.41, 5.74) is 14.5. The zero-order chi connectivity index (χ0) is 14.6. The Hall–Kier alpha value is -1.42. The highest BCUT2D eigenvalue weighted by Gasteiger charge is 2.24. The molecular weight excluding hydrogens is 248 g/mol. The number of piperidine rings is 1. The molecule has 4 heteroatoms. The molecule has 1 aromatic rings. The van der Waals surface area contributed by atoms with Crippen molar-refractivity contribution in [3.63, 3.8) is 0 Å². The van der Waals surface area contributed by atoms with E-state index in [0.29, 0.717) is 0 Å². The fraction of sp³-hybridized carbons (Fsp3) is 0.625. The molecule has 2 rings (SSSR count). The zero-order valence-electron chi connectivity index (χ0n) is 12.9. The Bertz CT molecular complexity index is 438. The lowest BCUT2D eigenvalue weighted by Crippen LogP contribution is -2.49. The lowest BCUT2D eigenvalue weighted by Gasteiger charge is -2.38. The molecule has 0 radical (unpaired) electrons. The van der Waals surface area contributed by atoms with E-state index in [2.05, 4.69) is 19.0 Å². The Balaban J connectivity index is 1.85.